The normalized spacial score (nSPS) is 20.1. The van der Waals surface area contributed by atoms with Gasteiger partial charge in [-0.2, -0.15) is 4.31 Å². The Kier molecular flexibility index (Phi) is 4.38. The Bertz CT molecular complexity index is 645. The van der Waals surface area contributed by atoms with Gasteiger partial charge in [-0.15, -0.1) is 0 Å². The van der Waals surface area contributed by atoms with E-state index in [1.807, 2.05) is 0 Å². The van der Waals surface area contributed by atoms with Crippen LogP contribution in [0.25, 0.3) is 0 Å². The lowest BCUT2D eigenvalue weighted by atomic mass is 10.1. The molecule has 1 atom stereocenters. The number of benzene rings is 1. The molecule has 0 radical (unpaired) electrons. The highest BCUT2D eigenvalue weighted by Gasteiger charge is 2.30. The van der Waals surface area contributed by atoms with Crippen LogP contribution in [0.3, 0.4) is 0 Å². The van der Waals surface area contributed by atoms with Crippen molar-refractivity contribution in [2.75, 3.05) is 18.8 Å². The predicted molar refractivity (Wildman–Crippen MR) is 78.1 cm³/mol. The van der Waals surface area contributed by atoms with E-state index in [0.29, 0.717) is 13.0 Å². The molecule has 1 unspecified atom stereocenters. The summed E-state index contributed by atoms with van der Waals surface area (Å²) in [5.41, 5.74) is 5.57. The van der Waals surface area contributed by atoms with Crippen LogP contribution in [0.1, 0.15) is 19.8 Å². The molecule has 1 heterocycles. The lowest BCUT2D eigenvalue weighted by Crippen LogP contribution is -2.49. The molecule has 0 spiro atoms. The average molecular weight is 313 g/mol. The number of anilines is 1. The fourth-order valence-corrected chi connectivity index (χ4v) is 3.97. The quantitative estimate of drug-likeness (QED) is 0.547. The summed E-state index contributed by atoms with van der Waals surface area (Å²) in [6.07, 6.45) is 1.43. The molecule has 1 amide bonds. The Morgan fingerprint density at radius 2 is 2.19 bits per heavy atom. The molecule has 1 aromatic carbocycles. The molecule has 2 rings (SSSR count). The van der Waals surface area contributed by atoms with Crippen molar-refractivity contribution in [3.05, 3.63) is 18.2 Å². The molecular formula is C13H19N3O4S. The van der Waals surface area contributed by atoms with Crippen LogP contribution >= 0.6 is 0 Å². The molecule has 8 heteroatoms. The molecule has 1 saturated heterocycles. The number of carbonyl (C=O) groups is 1. The number of sulfonamides is 1. The molecule has 1 aliphatic rings. The Labute approximate surface area is 123 Å². The van der Waals surface area contributed by atoms with Crippen LogP contribution in [0.2, 0.25) is 0 Å². The summed E-state index contributed by atoms with van der Waals surface area (Å²) in [5, 5.41) is 12.1. The van der Waals surface area contributed by atoms with Crippen molar-refractivity contribution in [1.82, 2.24) is 9.62 Å². The maximum Gasteiger partial charge on any atom is 0.243 e. The van der Waals surface area contributed by atoms with Gasteiger partial charge in [-0.05, 0) is 31.0 Å². The van der Waals surface area contributed by atoms with Crippen LogP contribution in [0.5, 0.6) is 5.75 Å². The standard InChI is InChI=1S/C13H19N3O4S/c1-9(17)15-10-3-2-6-16(8-10)21(19,20)11-4-5-13(18)12(14)7-11/h4-5,7,10,18H,2-3,6,8,14H2,1H3,(H,15,17). The largest absolute Gasteiger partial charge is 0.506 e. The van der Waals surface area contributed by atoms with Gasteiger partial charge < -0.3 is 16.2 Å². The molecule has 116 valence electrons. The second kappa shape index (κ2) is 5.90. The minimum Gasteiger partial charge on any atom is -0.506 e. The third-order valence-electron chi connectivity index (χ3n) is 3.43. The highest BCUT2D eigenvalue weighted by Crippen LogP contribution is 2.26. The van der Waals surface area contributed by atoms with Crippen molar-refractivity contribution in [2.24, 2.45) is 0 Å². The summed E-state index contributed by atoms with van der Waals surface area (Å²) in [5.74, 6) is -0.322. The monoisotopic (exact) mass is 313 g/mol. The highest BCUT2D eigenvalue weighted by atomic mass is 32.2. The number of nitrogen functional groups attached to an aromatic ring is 1. The SMILES string of the molecule is CC(=O)NC1CCCN(S(=O)(=O)c2ccc(O)c(N)c2)C1. The number of amides is 1. The number of hydrogen-bond acceptors (Lipinski definition) is 5. The second-order valence-electron chi connectivity index (χ2n) is 5.12. The summed E-state index contributed by atoms with van der Waals surface area (Å²) in [6.45, 7) is 2.05. The van der Waals surface area contributed by atoms with E-state index in [4.69, 9.17) is 5.73 Å². The highest BCUT2D eigenvalue weighted by molar-refractivity contribution is 7.89. The smallest absolute Gasteiger partial charge is 0.243 e. The van der Waals surface area contributed by atoms with Gasteiger partial charge >= 0.3 is 0 Å². The van der Waals surface area contributed by atoms with E-state index in [-0.39, 0.29) is 34.8 Å². The number of nitrogens with zero attached hydrogens (tertiary/aromatic N) is 1. The van der Waals surface area contributed by atoms with Gasteiger partial charge in [0.2, 0.25) is 15.9 Å². The molecular weight excluding hydrogens is 294 g/mol. The number of aromatic hydroxyl groups is 1. The number of piperidine rings is 1. The molecule has 0 aromatic heterocycles. The van der Waals surface area contributed by atoms with Crippen LogP contribution in [0.15, 0.2) is 23.1 Å². The van der Waals surface area contributed by atoms with Gasteiger partial charge in [-0.25, -0.2) is 8.42 Å². The summed E-state index contributed by atoms with van der Waals surface area (Å²) >= 11 is 0. The topological polar surface area (TPSA) is 113 Å². The zero-order valence-electron chi connectivity index (χ0n) is 11.7. The lowest BCUT2D eigenvalue weighted by Gasteiger charge is -2.32. The van der Waals surface area contributed by atoms with Crippen molar-refractivity contribution >= 4 is 21.6 Å². The van der Waals surface area contributed by atoms with E-state index in [1.165, 1.54) is 29.4 Å². The number of phenolic OH excluding ortho intramolecular Hbond substituents is 1. The number of hydrogen-bond donors (Lipinski definition) is 3. The van der Waals surface area contributed by atoms with Crippen LogP contribution in [0.4, 0.5) is 5.69 Å². The Balaban J connectivity index is 2.22. The molecule has 4 N–H and O–H groups in total. The number of rotatable bonds is 3. The third kappa shape index (κ3) is 3.45. The maximum atomic E-state index is 12.6. The van der Waals surface area contributed by atoms with Gasteiger partial charge in [0.25, 0.3) is 0 Å². The van der Waals surface area contributed by atoms with Crippen LogP contribution in [0, 0.1) is 0 Å². The third-order valence-corrected chi connectivity index (χ3v) is 5.29. The number of phenols is 1. The Hall–Kier alpha value is -1.80. The van der Waals surface area contributed by atoms with Gasteiger partial charge in [-0.1, -0.05) is 0 Å². The van der Waals surface area contributed by atoms with E-state index < -0.39 is 10.0 Å². The zero-order chi connectivity index (χ0) is 15.6. The summed E-state index contributed by atoms with van der Waals surface area (Å²) in [4.78, 5) is 11.1. The van der Waals surface area contributed by atoms with Crippen molar-refractivity contribution in [2.45, 2.75) is 30.7 Å². The fraction of sp³-hybridized carbons (Fsp3) is 0.462. The average Bonchev–Trinajstić information content (AvgIpc) is 2.41. The van der Waals surface area contributed by atoms with E-state index in [9.17, 15) is 18.3 Å². The van der Waals surface area contributed by atoms with Crippen LogP contribution in [-0.2, 0) is 14.8 Å². The number of nitrogens with one attached hydrogen (secondary N) is 1. The molecule has 7 nitrogen and oxygen atoms in total. The summed E-state index contributed by atoms with van der Waals surface area (Å²) < 4.78 is 26.5. The summed E-state index contributed by atoms with van der Waals surface area (Å²) in [6, 6.07) is 3.65. The molecule has 1 fully saturated rings. The maximum absolute atomic E-state index is 12.6. The zero-order valence-corrected chi connectivity index (χ0v) is 12.6. The van der Waals surface area contributed by atoms with Gasteiger partial charge in [0.15, 0.2) is 0 Å². The van der Waals surface area contributed by atoms with Gasteiger partial charge in [0.1, 0.15) is 5.75 Å². The predicted octanol–water partition coefficient (Wildman–Crippen LogP) is 0.264. The molecule has 21 heavy (non-hydrogen) atoms. The van der Waals surface area contributed by atoms with E-state index in [2.05, 4.69) is 5.32 Å². The number of carbonyl (C=O) groups excluding carboxylic acids is 1. The van der Waals surface area contributed by atoms with Gasteiger partial charge in [-0.3, -0.25) is 4.79 Å². The lowest BCUT2D eigenvalue weighted by molar-refractivity contribution is -0.119. The van der Waals surface area contributed by atoms with E-state index in [1.54, 1.807) is 0 Å². The minimum absolute atomic E-state index is 0.0199. The first-order valence-corrected chi connectivity index (χ1v) is 8.10. The van der Waals surface area contributed by atoms with Crippen molar-refractivity contribution in [3.8, 4) is 5.75 Å². The molecule has 1 aromatic rings. The molecule has 0 aliphatic carbocycles. The summed E-state index contributed by atoms with van der Waals surface area (Å²) in [7, 11) is -3.68. The van der Waals surface area contributed by atoms with Crippen molar-refractivity contribution in [3.63, 3.8) is 0 Å². The molecule has 0 saturated carbocycles. The first kappa shape index (κ1) is 15.6. The van der Waals surface area contributed by atoms with Crippen molar-refractivity contribution < 1.29 is 18.3 Å². The second-order valence-corrected chi connectivity index (χ2v) is 7.06. The Morgan fingerprint density at radius 3 is 2.81 bits per heavy atom. The molecule has 0 bridgehead atoms. The van der Waals surface area contributed by atoms with Crippen LogP contribution in [-0.4, -0.2) is 42.9 Å². The van der Waals surface area contributed by atoms with Crippen molar-refractivity contribution in [1.29, 1.82) is 0 Å². The molecule has 1 aliphatic heterocycles. The minimum atomic E-state index is -3.68. The van der Waals surface area contributed by atoms with Gasteiger partial charge in [0, 0.05) is 26.1 Å². The van der Waals surface area contributed by atoms with Gasteiger partial charge in [0.05, 0.1) is 10.6 Å². The van der Waals surface area contributed by atoms with E-state index >= 15 is 0 Å². The Morgan fingerprint density at radius 1 is 1.48 bits per heavy atom. The number of nitrogens with two attached hydrogens (primary N) is 1. The van der Waals surface area contributed by atoms with E-state index in [0.717, 1.165) is 6.42 Å². The fourth-order valence-electron chi connectivity index (χ4n) is 2.41. The van der Waals surface area contributed by atoms with Crippen LogP contribution < -0.4 is 11.1 Å². The first-order chi connectivity index (χ1) is 9.80. The first-order valence-electron chi connectivity index (χ1n) is 6.66.